The van der Waals surface area contributed by atoms with Gasteiger partial charge in [-0.15, -0.1) is 0 Å². The first-order valence-electron chi connectivity index (χ1n) is 16.2. The molecule has 48 heavy (non-hydrogen) atoms. The smallest absolute Gasteiger partial charge is 0.264 e. The van der Waals surface area contributed by atoms with Crippen molar-refractivity contribution in [1.82, 2.24) is 18.9 Å². The summed E-state index contributed by atoms with van der Waals surface area (Å²) in [6, 6.07) is 41.2. The fraction of sp³-hybridized carbons (Fsp3) is 0.0238. The van der Waals surface area contributed by atoms with Gasteiger partial charge in [-0.25, -0.2) is 9.97 Å². The van der Waals surface area contributed by atoms with Gasteiger partial charge in [0.2, 0.25) is 0 Å². The SMILES string of the molecule is O=c1c2ccc3c4c(ccc(c42)c2nc4c5ccccc5c5ccccc5c4n12)C(O)n1c-3nc2c3ccccc3c3ccccc3c21. The quantitative estimate of drug-likeness (QED) is 0.173. The zero-order valence-corrected chi connectivity index (χ0v) is 25.3. The molecule has 0 fully saturated rings. The third-order valence-electron chi connectivity index (χ3n) is 10.7. The summed E-state index contributed by atoms with van der Waals surface area (Å²) >= 11 is 0. The van der Waals surface area contributed by atoms with Gasteiger partial charge in [-0.3, -0.25) is 13.8 Å². The molecule has 0 aliphatic carbocycles. The highest BCUT2D eigenvalue weighted by molar-refractivity contribution is 6.28. The Bertz CT molecular complexity index is 3340. The van der Waals surface area contributed by atoms with E-state index in [1.54, 1.807) is 4.40 Å². The third kappa shape index (κ3) is 2.71. The van der Waals surface area contributed by atoms with Gasteiger partial charge in [0.05, 0.1) is 22.1 Å². The largest absolute Gasteiger partial charge is 0.369 e. The van der Waals surface area contributed by atoms with Crippen LogP contribution in [0.25, 0.3) is 104 Å². The highest BCUT2D eigenvalue weighted by Crippen LogP contribution is 2.48. The zero-order valence-electron chi connectivity index (χ0n) is 25.3. The number of aromatic nitrogens is 4. The summed E-state index contributed by atoms with van der Waals surface area (Å²) in [7, 11) is 0. The molecule has 0 saturated carbocycles. The predicted molar refractivity (Wildman–Crippen MR) is 194 cm³/mol. The molecule has 12 rings (SSSR count). The van der Waals surface area contributed by atoms with E-state index in [4.69, 9.17) is 9.97 Å². The van der Waals surface area contributed by atoms with Gasteiger partial charge in [0.25, 0.3) is 5.56 Å². The lowest BCUT2D eigenvalue weighted by atomic mass is 9.90. The minimum atomic E-state index is -0.991. The normalized spacial score (nSPS) is 14.6. The molecule has 0 spiro atoms. The molecule has 0 radical (unpaired) electrons. The Morgan fingerprint density at radius 1 is 0.500 bits per heavy atom. The van der Waals surface area contributed by atoms with Gasteiger partial charge >= 0.3 is 0 Å². The summed E-state index contributed by atoms with van der Waals surface area (Å²) in [6.45, 7) is 0. The number of hydrogen-bond donors (Lipinski definition) is 1. The van der Waals surface area contributed by atoms with Crippen LogP contribution in [-0.4, -0.2) is 24.0 Å². The Kier molecular flexibility index (Phi) is 4.30. The molecule has 0 amide bonds. The van der Waals surface area contributed by atoms with E-state index in [1.807, 2.05) is 65.2 Å². The lowest BCUT2D eigenvalue weighted by Gasteiger charge is -2.26. The molecule has 1 aliphatic rings. The van der Waals surface area contributed by atoms with Crippen molar-refractivity contribution in [2.45, 2.75) is 6.23 Å². The second-order valence-electron chi connectivity index (χ2n) is 12.9. The average molecular weight is 615 g/mol. The molecule has 8 aromatic carbocycles. The molecular weight excluding hydrogens is 592 g/mol. The molecule has 1 N–H and O–H groups in total. The lowest BCUT2D eigenvalue weighted by Crippen LogP contribution is -2.18. The number of benzene rings is 8. The van der Waals surface area contributed by atoms with Crippen molar-refractivity contribution in [2.75, 3.05) is 0 Å². The lowest BCUT2D eigenvalue weighted by molar-refractivity contribution is 0.152. The summed E-state index contributed by atoms with van der Waals surface area (Å²) < 4.78 is 3.78. The molecule has 1 unspecified atom stereocenters. The van der Waals surface area contributed by atoms with Gasteiger partial charge in [0.15, 0.2) is 6.23 Å². The molecule has 6 nitrogen and oxygen atoms in total. The van der Waals surface area contributed by atoms with Crippen molar-refractivity contribution >= 4 is 92.3 Å². The Hall–Kier alpha value is -6.37. The first-order chi connectivity index (χ1) is 23.7. The molecule has 0 saturated heterocycles. The van der Waals surface area contributed by atoms with Crippen LogP contribution in [0, 0.1) is 0 Å². The second-order valence-corrected chi connectivity index (χ2v) is 12.9. The number of nitrogens with zero attached hydrogens (tertiary/aromatic N) is 4. The van der Waals surface area contributed by atoms with Crippen LogP contribution in [0.5, 0.6) is 0 Å². The van der Waals surface area contributed by atoms with Crippen LogP contribution in [0.15, 0.2) is 126 Å². The maximum Gasteiger partial charge on any atom is 0.264 e. The van der Waals surface area contributed by atoms with Crippen LogP contribution in [0.2, 0.25) is 0 Å². The van der Waals surface area contributed by atoms with Gasteiger partial charge in [0.1, 0.15) is 11.5 Å². The van der Waals surface area contributed by atoms with E-state index in [0.29, 0.717) is 16.9 Å². The highest BCUT2D eigenvalue weighted by Gasteiger charge is 2.32. The third-order valence-corrected chi connectivity index (χ3v) is 10.7. The van der Waals surface area contributed by atoms with Crippen molar-refractivity contribution in [3.63, 3.8) is 0 Å². The van der Waals surface area contributed by atoms with Crippen molar-refractivity contribution in [2.24, 2.45) is 0 Å². The van der Waals surface area contributed by atoms with Gasteiger partial charge in [-0.2, -0.15) is 0 Å². The molecule has 4 heterocycles. The Morgan fingerprint density at radius 3 is 1.67 bits per heavy atom. The van der Waals surface area contributed by atoms with Crippen molar-refractivity contribution in [3.8, 4) is 11.4 Å². The van der Waals surface area contributed by atoms with Gasteiger partial charge in [-0.05, 0) is 33.7 Å². The van der Waals surface area contributed by atoms with E-state index in [2.05, 4.69) is 60.7 Å². The second kappa shape index (κ2) is 8.31. The fourth-order valence-electron chi connectivity index (χ4n) is 8.79. The highest BCUT2D eigenvalue weighted by atomic mass is 16.3. The summed E-state index contributed by atoms with van der Waals surface area (Å²) in [5.74, 6) is 0.693. The number of rotatable bonds is 0. The van der Waals surface area contributed by atoms with Gasteiger partial charge in [-0.1, -0.05) is 109 Å². The Labute approximate surface area is 270 Å². The first kappa shape index (κ1) is 24.8. The molecule has 222 valence electrons. The van der Waals surface area contributed by atoms with Crippen LogP contribution in [-0.2, 0) is 0 Å². The summed E-state index contributed by atoms with van der Waals surface area (Å²) in [6.07, 6.45) is -0.991. The number of imidazole rings is 2. The predicted octanol–water partition coefficient (Wildman–Crippen LogP) is 9.07. The number of aliphatic hydroxyl groups excluding tert-OH is 1. The molecule has 11 aromatic rings. The molecule has 1 aliphatic heterocycles. The monoisotopic (exact) mass is 614 g/mol. The standard InChI is InChI=1S/C42H22N4O2/c47-41-31-20-18-30-34-32(42(48)46-38-28-16-8-4-12-24(28)22-10-2-6-14-26(22)36(38)44-40(30)46)19-17-29(33(31)34)39-43-35-25-13-5-1-9-21(25)23-11-3-7-15-27(23)37(35)45(39)41/h1-20,41,47H. The maximum absolute atomic E-state index is 14.7. The summed E-state index contributed by atoms with van der Waals surface area (Å²) in [4.78, 5) is 25.2. The van der Waals surface area contributed by atoms with Gasteiger partial charge in [0, 0.05) is 54.2 Å². The topological polar surface area (TPSA) is 72.4 Å². The van der Waals surface area contributed by atoms with Crippen LogP contribution < -0.4 is 5.56 Å². The van der Waals surface area contributed by atoms with E-state index >= 15 is 0 Å². The molecule has 6 heteroatoms. The van der Waals surface area contributed by atoms with Crippen molar-refractivity contribution in [3.05, 3.63) is 137 Å². The van der Waals surface area contributed by atoms with Crippen LogP contribution >= 0.6 is 0 Å². The van der Waals surface area contributed by atoms with E-state index in [-0.39, 0.29) is 5.56 Å². The summed E-state index contributed by atoms with van der Waals surface area (Å²) in [5, 5.41) is 23.9. The minimum Gasteiger partial charge on any atom is -0.369 e. The molecule has 0 bridgehead atoms. The van der Waals surface area contributed by atoms with Crippen LogP contribution in [0.3, 0.4) is 0 Å². The van der Waals surface area contributed by atoms with E-state index in [1.165, 1.54) is 0 Å². The maximum atomic E-state index is 14.7. The van der Waals surface area contributed by atoms with Crippen LogP contribution in [0.1, 0.15) is 11.8 Å². The number of fused-ring (bicyclic) bond motifs is 18. The zero-order chi connectivity index (χ0) is 31.4. The number of aliphatic hydroxyl groups is 1. The van der Waals surface area contributed by atoms with Crippen LogP contribution in [0.4, 0.5) is 0 Å². The Balaban J connectivity index is 1.27. The van der Waals surface area contributed by atoms with E-state index in [0.717, 1.165) is 92.4 Å². The molecule has 3 aromatic heterocycles. The summed E-state index contributed by atoms with van der Waals surface area (Å²) in [5.41, 5.74) is 5.55. The number of hydrogen-bond acceptors (Lipinski definition) is 4. The van der Waals surface area contributed by atoms with Crippen molar-refractivity contribution < 1.29 is 5.11 Å². The molecule has 1 atom stereocenters. The molecular formula is C42H22N4O2. The average Bonchev–Trinajstić information content (AvgIpc) is 3.75. The van der Waals surface area contributed by atoms with Gasteiger partial charge < -0.3 is 5.11 Å². The fourth-order valence-corrected chi connectivity index (χ4v) is 8.79. The Morgan fingerprint density at radius 2 is 1.02 bits per heavy atom. The minimum absolute atomic E-state index is 0.116. The van der Waals surface area contributed by atoms with E-state index in [9.17, 15) is 9.90 Å². The number of pyridine rings is 1. The van der Waals surface area contributed by atoms with Crippen molar-refractivity contribution in [1.29, 1.82) is 0 Å². The first-order valence-corrected chi connectivity index (χ1v) is 16.2. The van der Waals surface area contributed by atoms with E-state index < -0.39 is 6.23 Å².